The zero-order chi connectivity index (χ0) is 25.6. The fourth-order valence-electron chi connectivity index (χ4n) is 4.49. The molecule has 4 aromatic rings. The fraction of sp³-hybridized carbons (Fsp3) is 0.222. The van der Waals surface area contributed by atoms with Crippen molar-refractivity contribution in [1.82, 2.24) is 14.8 Å². The van der Waals surface area contributed by atoms with E-state index in [2.05, 4.69) is 30.1 Å². The zero-order valence-corrected chi connectivity index (χ0v) is 21.1. The van der Waals surface area contributed by atoms with E-state index in [4.69, 9.17) is 9.73 Å². The summed E-state index contributed by atoms with van der Waals surface area (Å²) in [5.41, 5.74) is 6.00. The number of fused-ring (bicyclic) bond motifs is 3. The lowest BCUT2D eigenvalue weighted by molar-refractivity contribution is -0.137. The molecule has 1 N–H and O–H groups in total. The average Bonchev–Trinajstić information content (AvgIpc) is 3.35. The minimum absolute atomic E-state index is 0.185. The number of carboxylic acid groups (broad SMARTS) is 1. The topological polar surface area (TPSA) is 113 Å². The summed E-state index contributed by atoms with van der Waals surface area (Å²) in [6, 6.07) is 14.9. The van der Waals surface area contributed by atoms with Crippen molar-refractivity contribution in [3.05, 3.63) is 81.2 Å². The molecule has 0 bridgehead atoms. The summed E-state index contributed by atoms with van der Waals surface area (Å²) in [6.45, 7) is 6.00. The Hall–Kier alpha value is -4.29. The molecule has 0 spiro atoms. The van der Waals surface area contributed by atoms with Gasteiger partial charge in [-0.2, -0.15) is 5.26 Å². The van der Waals surface area contributed by atoms with Crippen LogP contribution in [0, 0.1) is 32.1 Å². The number of nitriles is 1. The highest BCUT2D eigenvalue weighted by molar-refractivity contribution is 7.15. The number of aliphatic carboxylic acids is 1. The van der Waals surface area contributed by atoms with Crippen molar-refractivity contribution in [3.8, 4) is 27.9 Å². The quantitative estimate of drug-likeness (QED) is 0.407. The maximum Gasteiger partial charge on any atom is 0.306 e. The molecule has 2 aromatic heterocycles. The lowest BCUT2D eigenvalue weighted by Crippen LogP contribution is -2.10. The van der Waals surface area contributed by atoms with Crippen molar-refractivity contribution in [2.24, 2.45) is 4.99 Å². The van der Waals surface area contributed by atoms with Gasteiger partial charge in [0.05, 0.1) is 24.8 Å². The molecule has 1 atom stereocenters. The van der Waals surface area contributed by atoms with Gasteiger partial charge >= 0.3 is 5.97 Å². The minimum atomic E-state index is -0.948. The predicted octanol–water partition coefficient (Wildman–Crippen LogP) is 5.17. The molecule has 0 fully saturated rings. The monoisotopic (exact) mass is 497 g/mol. The summed E-state index contributed by atoms with van der Waals surface area (Å²) in [7, 11) is 1.54. The average molecular weight is 498 g/mol. The molecule has 0 saturated heterocycles. The molecule has 5 rings (SSSR count). The molecule has 0 unspecified atom stereocenters. The number of hydrogen-bond donors (Lipinski definition) is 1. The maximum absolute atomic E-state index is 11.7. The van der Waals surface area contributed by atoms with Crippen molar-refractivity contribution in [1.29, 1.82) is 5.26 Å². The van der Waals surface area contributed by atoms with Crippen LogP contribution in [-0.2, 0) is 4.79 Å². The Balaban J connectivity index is 1.65. The zero-order valence-electron chi connectivity index (χ0n) is 20.2. The van der Waals surface area contributed by atoms with Crippen LogP contribution < -0.4 is 4.74 Å². The van der Waals surface area contributed by atoms with Gasteiger partial charge in [0.25, 0.3) is 0 Å². The smallest absolute Gasteiger partial charge is 0.306 e. The highest BCUT2D eigenvalue weighted by Gasteiger charge is 2.32. The van der Waals surface area contributed by atoms with E-state index in [1.165, 1.54) is 0 Å². The highest BCUT2D eigenvalue weighted by Crippen LogP contribution is 2.39. The molecule has 3 heterocycles. The van der Waals surface area contributed by atoms with Gasteiger partial charge in [0.2, 0.25) is 0 Å². The van der Waals surface area contributed by atoms with Gasteiger partial charge in [-0.25, -0.2) is 0 Å². The lowest BCUT2D eigenvalue weighted by Gasteiger charge is -2.12. The molecule has 2 aromatic carbocycles. The molecule has 0 saturated carbocycles. The Morgan fingerprint density at radius 3 is 2.47 bits per heavy atom. The second-order valence-electron chi connectivity index (χ2n) is 8.60. The van der Waals surface area contributed by atoms with Gasteiger partial charge in [-0.05, 0) is 49.6 Å². The highest BCUT2D eigenvalue weighted by atomic mass is 32.1. The van der Waals surface area contributed by atoms with E-state index in [-0.39, 0.29) is 6.42 Å². The number of aliphatic imine (C=N–C) groups is 1. The van der Waals surface area contributed by atoms with Gasteiger partial charge in [-0.1, -0.05) is 30.3 Å². The summed E-state index contributed by atoms with van der Waals surface area (Å²) < 4.78 is 7.20. The van der Waals surface area contributed by atoms with Crippen LogP contribution in [0.25, 0.3) is 16.1 Å². The van der Waals surface area contributed by atoms with Crippen molar-refractivity contribution >= 4 is 23.0 Å². The normalized spacial score (nSPS) is 14.3. The number of benzene rings is 2. The van der Waals surface area contributed by atoms with E-state index in [0.29, 0.717) is 23.0 Å². The Morgan fingerprint density at radius 1 is 1.11 bits per heavy atom. The van der Waals surface area contributed by atoms with Crippen LogP contribution in [0.3, 0.4) is 0 Å². The first-order valence-electron chi connectivity index (χ1n) is 11.3. The minimum Gasteiger partial charge on any atom is -0.495 e. The SMILES string of the molecule is COc1ccc(-c2ccc(C3=N[C@@H](CC(=O)O)c4nnc(C)n4-c4sc(C)c(C)c43)cc2)cc1C#N. The van der Waals surface area contributed by atoms with Gasteiger partial charge in [0, 0.05) is 16.0 Å². The van der Waals surface area contributed by atoms with Crippen LogP contribution in [0.15, 0.2) is 47.5 Å². The van der Waals surface area contributed by atoms with E-state index >= 15 is 0 Å². The number of methoxy groups -OCH3 is 1. The molecule has 1 aliphatic heterocycles. The molecule has 0 radical (unpaired) electrons. The summed E-state index contributed by atoms with van der Waals surface area (Å²) in [5, 5.41) is 28.5. The second kappa shape index (κ2) is 9.06. The van der Waals surface area contributed by atoms with Crippen LogP contribution >= 0.6 is 11.3 Å². The molecule has 1 aliphatic rings. The lowest BCUT2D eigenvalue weighted by atomic mass is 9.96. The number of carbonyl (C=O) groups is 1. The van der Waals surface area contributed by atoms with Crippen molar-refractivity contribution in [2.75, 3.05) is 7.11 Å². The van der Waals surface area contributed by atoms with Gasteiger partial charge in [-0.3, -0.25) is 14.4 Å². The number of aromatic nitrogens is 3. The number of hydrogen-bond acceptors (Lipinski definition) is 7. The molecule has 180 valence electrons. The van der Waals surface area contributed by atoms with Crippen LogP contribution in [0.4, 0.5) is 0 Å². The third kappa shape index (κ3) is 3.85. The third-order valence-electron chi connectivity index (χ3n) is 6.42. The standard InChI is InChI=1S/C27H23N5O3S/c1-14-15(2)36-27-24(14)25(29-21(12-23(33)34)26-31-30-16(3)32(26)27)18-7-5-17(6-8-18)19-9-10-22(35-4)20(11-19)13-28/h5-11,21H,12H2,1-4H3,(H,33,34)/t21-/m0/s1. The van der Waals surface area contributed by atoms with Crippen molar-refractivity contribution in [3.63, 3.8) is 0 Å². The number of aryl methyl sites for hydroxylation is 2. The number of nitrogens with zero attached hydrogens (tertiary/aromatic N) is 5. The van der Waals surface area contributed by atoms with E-state index < -0.39 is 12.0 Å². The Bertz CT molecular complexity index is 1570. The first-order valence-corrected chi connectivity index (χ1v) is 12.1. The molecule has 36 heavy (non-hydrogen) atoms. The first kappa shape index (κ1) is 23.5. The summed E-state index contributed by atoms with van der Waals surface area (Å²) in [4.78, 5) is 17.8. The van der Waals surface area contributed by atoms with E-state index in [0.717, 1.165) is 43.4 Å². The second-order valence-corrected chi connectivity index (χ2v) is 9.80. The van der Waals surface area contributed by atoms with Gasteiger partial charge < -0.3 is 9.84 Å². The Labute approximate surface area is 212 Å². The molecule has 0 amide bonds. The number of rotatable bonds is 5. The molecule has 0 aliphatic carbocycles. The Kier molecular flexibility index (Phi) is 5.90. The first-order chi connectivity index (χ1) is 17.3. The van der Waals surface area contributed by atoms with Crippen LogP contribution in [0.2, 0.25) is 0 Å². The van der Waals surface area contributed by atoms with E-state index in [9.17, 15) is 15.2 Å². The molecular weight excluding hydrogens is 474 g/mol. The number of carboxylic acids is 1. The van der Waals surface area contributed by atoms with E-state index in [1.54, 1.807) is 30.6 Å². The molecular formula is C27H23N5O3S. The Morgan fingerprint density at radius 2 is 1.81 bits per heavy atom. The van der Waals surface area contributed by atoms with Crippen LogP contribution in [-0.4, -0.2) is 38.7 Å². The summed E-state index contributed by atoms with van der Waals surface area (Å²) >= 11 is 1.63. The van der Waals surface area contributed by atoms with Crippen LogP contribution in [0.5, 0.6) is 5.75 Å². The molecule has 8 nitrogen and oxygen atoms in total. The van der Waals surface area contributed by atoms with Crippen LogP contribution in [0.1, 0.15) is 51.2 Å². The predicted molar refractivity (Wildman–Crippen MR) is 137 cm³/mol. The van der Waals surface area contributed by atoms with Gasteiger partial charge in [0.1, 0.15) is 28.7 Å². The largest absolute Gasteiger partial charge is 0.495 e. The summed E-state index contributed by atoms with van der Waals surface area (Å²) in [5.74, 6) is 0.818. The molecule has 9 heteroatoms. The third-order valence-corrected chi connectivity index (χ3v) is 7.61. The fourth-order valence-corrected chi connectivity index (χ4v) is 5.70. The number of thiophene rings is 1. The number of ether oxygens (including phenoxy) is 1. The van der Waals surface area contributed by atoms with Crippen molar-refractivity contribution in [2.45, 2.75) is 33.2 Å². The van der Waals surface area contributed by atoms with Gasteiger partial charge in [-0.15, -0.1) is 21.5 Å². The summed E-state index contributed by atoms with van der Waals surface area (Å²) in [6.07, 6.45) is -0.185. The maximum atomic E-state index is 11.7. The van der Waals surface area contributed by atoms with E-state index in [1.807, 2.05) is 41.8 Å². The van der Waals surface area contributed by atoms with Crippen molar-refractivity contribution < 1.29 is 14.6 Å². The van der Waals surface area contributed by atoms with Gasteiger partial charge in [0.15, 0.2) is 5.82 Å².